The minimum absolute atomic E-state index is 0.0764. The van der Waals surface area contributed by atoms with Gasteiger partial charge in [0, 0.05) is 0 Å². The Morgan fingerprint density at radius 3 is 2.12 bits per heavy atom. The number of nitrogens with one attached hydrogen (secondary N) is 1. The van der Waals surface area contributed by atoms with Crippen molar-refractivity contribution in [3.63, 3.8) is 0 Å². The van der Waals surface area contributed by atoms with Crippen LogP contribution in [0.25, 0.3) is 0 Å². The topological polar surface area (TPSA) is 57.9 Å². The molecule has 47 valence electrons. The second kappa shape index (κ2) is 1.70. The highest BCUT2D eigenvalue weighted by atomic mass is 32.2. The molecule has 0 aromatic carbocycles. The first-order valence-corrected chi connectivity index (χ1v) is 4.20. The predicted molar refractivity (Wildman–Crippen MR) is 29.6 cm³/mol. The van der Waals surface area contributed by atoms with E-state index in [1.807, 2.05) is 0 Å². The monoisotopic (exact) mass is 134 g/mol. The lowest BCUT2D eigenvalue weighted by atomic mass is 10.5. The zero-order chi connectivity index (χ0) is 6.20. The van der Waals surface area contributed by atoms with Crippen molar-refractivity contribution in [3.8, 4) is 0 Å². The highest BCUT2D eigenvalue weighted by Crippen LogP contribution is 2.29. The molecule has 0 aromatic rings. The van der Waals surface area contributed by atoms with Crippen molar-refractivity contribution in [1.82, 2.24) is 5.14 Å². The molecule has 0 atom stereocenters. The first-order valence-electron chi connectivity index (χ1n) is 2.55. The molecule has 0 bridgehead atoms. The van der Waals surface area contributed by atoms with Gasteiger partial charge in [0.15, 0.2) is 0 Å². The van der Waals surface area contributed by atoms with Crippen molar-refractivity contribution in [2.75, 3.05) is 5.75 Å². The van der Waals surface area contributed by atoms with E-state index in [1.54, 1.807) is 0 Å². The fourth-order valence-electron chi connectivity index (χ4n) is 0.595. The molecule has 0 amide bonds. The van der Waals surface area contributed by atoms with Gasteiger partial charge < -0.3 is 0 Å². The summed E-state index contributed by atoms with van der Waals surface area (Å²) in [6.07, 6.45) is 2.00. The predicted octanol–water partition coefficient (Wildman–Crippen LogP) is 0.00910. The van der Waals surface area contributed by atoms with Gasteiger partial charge >= 0.3 is 0 Å². The average Bonchev–Trinajstić information content (AvgIpc) is 2.12. The zero-order valence-electron chi connectivity index (χ0n) is 4.42. The maximum absolute atomic E-state index is 10.1. The Kier molecular flexibility index (Phi) is 1.28. The Balaban J connectivity index is 2.38. The Labute approximate surface area is 48.9 Å². The van der Waals surface area contributed by atoms with Crippen LogP contribution in [0.5, 0.6) is 0 Å². The normalized spacial score (nSPS) is 21.1. The molecule has 1 rings (SSSR count). The van der Waals surface area contributed by atoms with Crippen LogP contribution in [0.2, 0.25) is 0 Å². The molecule has 1 saturated carbocycles. The number of sulfonamides is 1. The molecule has 4 heteroatoms. The Bertz CT molecular complexity index is 168. The standard InChI is InChI=1S/C4H8NO2S/c5-8(6,7)3-4-1-2-4/h4-5H,1-3H2. The van der Waals surface area contributed by atoms with Gasteiger partial charge in [-0.15, -0.1) is 5.14 Å². The van der Waals surface area contributed by atoms with E-state index in [1.165, 1.54) is 0 Å². The van der Waals surface area contributed by atoms with E-state index in [4.69, 9.17) is 5.14 Å². The number of hydrogen-bond donors (Lipinski definition) is 0. The van der Waals surface area contributed by atoms with Crippen LogP contribution in [0, 0.1) is 5.92 Å². The lowest BCUT2D eigenvalue weighted by molar-refractivity contribution is 0.592. The molecule has 0 heterocycles. The van der Waals surface area contributed by atoms with Gasteiger partial charge in [-0.3, -0.25) is 0 Å². The molecule has 1 aliphatic carbocycles. The molecule has 1 radical (unpaired) electrons. The van der Waals surface area contributed by atoms with E-state index in [0.717, 1.165) is 12.8 Å². The van der Waals surface area contributed by atoms with Crippen LogP contribution in [0.3, 0.4) is 0 Å². The van der Waals surface area contributed by atoms with E-state index in [0.29, 0.717) is 5.92 Å². The minimum Gasteiger partial charge on any atom is -0.211 e. The van der Waals surface area contributed by atoms with Crippen molar-refractivity contribution in [2.45, 2.75) is 12.8 Å². The van der Waals surface area contributed by atoms with E-state index < -0.39 is 10.0 Å². The molecule has 1 fully saturated rings. The van der Waals surface area contributed by atoms with Gasteiger partial charge in [-0.05, 0) is 18.8 Å². The lowest BCUT2D eigenvalue weighted by Gasteiger charge is -1.88. The fourth-order valence-corrected chi connectivity index (χ4v) is 1.55. The first kappa shape index (κ1) is 6.04. The summed E-state index contributed by atoms with van der Waals surface area (Å²) in [6.45, 7) is 0. The van der Waals surface area contributed by atoms with Crippen LogP contribution in [0.1, 0.15) is 12.8 Å². The van der Waals surface area contributed by atoms with Gasteiger partial charge in [0.05, 0.1) is 5.75 Å². The largest absolute Gasteiger partial charge is 0.225 e. The third kappa shape index (κ3) is 2.28. The fraction of sp³-hybridized carbons (Fsp3) is 1.00. The molecule has 1 aliphatic rings. The van der Waals surface area contributed by atoms with E-state index >= 15 is 0 Å². The summed E-state index contributed by atoms with van der Waals surface area (Å²) >= 11 is 0. The van der Waals surface area contributed by atoms with Gasteiger partial charge in [-0.2, -0.15) is 0 Å². The lowest BCUT2D eigenvalue weighted by Crippen LogP contribution is -2.06. The summed E-state index contributed by atoms with van der Waals surface area (Å²) < 4.78 is 20.3. The summed E-state index contributed by atoms with van der Waals surface area (Å²) in [6, 6.07) is 0. The summed E-state index contributed by atoms with van der Waals surface area (Å²) in [4.78, 5) is 0. The third-order valence-corrected chi connectivity index (χ3v) is 2.06. The molecular weight excluding hydrogens is 126 g/mol. The number of rotatable bonds is 2. The van der Waals surface area contributed by atoms with Crippen LogP contribution in [0.15, 0.2) is 0 Å². The zero-order valence-corrected chi connectivity index (χ0v) is 5.24. The van der Waals surface area contributed by atoms with E-state index in [2.05, 4.69) is 0 Å². The highest BCUT2D eigenvalue weighted by Gasteiger charge is 2.25. The Hall–Kier alpha value is -0.0900. The maximum atomic E-state index is 10.1. The quantitative estimate of drug-likeness (QED) is 0.534. The van der Waals surface area contributed by atoms with Crippen molar-refractivity contribution in [1.29, 1.82) is 0 Å². The Morgan fingerprint density at radius 2 is 2.00 bits per heavy atom. The van der Waals surface area contributed by atoms with Crippen molar-refractivity contribution < 1.29 is 8.42 Å². The van der Waals surface area contributed by atoms with E-state index in [9.17, 15) is 8.42 Å². The molecule has 8 heavy (non-hydrogen) atoms. The van der Waals surface area contributed by atoms with Gasteiger partial charge in [0.25, 0.3) is 0 Å². The smallest absolute Gasteiger partial charge is 0.211 e. The summed E-state index contributed by atoms with van der Waals surface area (Å²) in [7, 11) is -3.41. The summed E-state index contributed by atoms with van der Waals surface area (Å²) in [5.74, 6) is 0.394. The Morgan fingerprint density at radius 1 is 1.50 bits per heavy atom. The second-order valence-electron chi connectivity index (χ2n) is 2.22. The van der Waals surface area contributed by atoms with Gasteiger partial charge in [0.1, 0.15) is 0 Å². The van der Waals surface area contributed by atoms with Crippen LogP contribution in [0.4, 0.5) is 0 Å². The van der Waals surface area contributed by atoms with E-state index in [-0.39, 0.29) is 5.75 Å². The summed E-state index contributed by atoms with van der Waals surface area (Å²) in [5.41, 5.74) is 0. The molecular formula is C4H8NO2S. The van der Waals surface area contributed by atoms with Crippen LogP contribution in [-0.4, -0.2) is 14.2 Å². The first-order chi connectivity index (χ1) is 3.58. The third-order valence-electron chi connectivity index (χ3n) is 1.15. The average molecular weight is 134 g/mol. The second-order valence-corrected chi connectivity index (χ2v) is 3.79. The molecule has 0 aliphatic heterocycles. The molecule has 0 aromatic heterocycles. The molecule has 0 spiro atoms. The minimum atomic E-state index is -3.41. The van der Waals surface area contributed by atoms with Gasteiger partial charge in [-0.1, -0.05) is 0 Å². The van der Waals surface area contributed by atoms with Crippen LogP contribution >= 0.6 is 0 Å². The molecule has 0 unspecified atom stereocenters. The van der Waals surface area contributed by atoms with Gasteiger partial charge in [-0.25, -0.2) is 8.42 Å². The van der Waals surface area contributed by atoms with Crippen molar-refractivity contribution in [2.24, 2.45) is 5.92 Å². The maximum Gasteiger partial charge on any atom is 0.225 e. The highest BCUT2D eigenvalue weighted by molar-refractivity contribution is 7.88. The molecule has 1 N–H and O–H groups in total. The van der Waals surface area contributed by atoms with Crippen molar-refractivity contribution in [3.05, 3.63) is 0 Å². The summed E-state index contributed by atoms with van der Waals surface area (Å²) in [5, 5.41) is 6.47. The SMILES string of the molecule is [NH]S(=O)(=O)CC1CC1. The van der Waals surface area contributed by atoms with Crippen LogP contribution in [-0.2, 0) is 10.0 Å². The van der Waals surface area contributed by atoms with Crippen molar-refractivity contribution >= 4 is 10.0 Å². The van der Waals surface area contributed by atoms with Crippen LogP contribution < -0.4 is 5.14 Å². The van der Waals surface area contributed by atoms with Gasteiger partial charge in [0.2, 0.25) is 10.0 Å². The number of hydrogen-bond acceptors (Lipinski definition) is 2. The molecule has 0 saturated heterocycles. The molecule has 3 nitrogen and oxygen atoms in total.